The van der Waals surface area contributed by atoms with E-state index in [0.29, 0.717) is 42.4 Å². The summed E-state index contributed by atoms with van der Waals surface area (Å²) in [7, 11) is 0. The van der Waals surface area contributed by atoms with Gasteiger partial charge in [-0.2, -0.15) is 0 Å². The van der Waals surface area contributed by atoms with Gasteiger partial charge in [-0.15, -0.1) is 0 Å². The highest BCUT2D eigenvalue weighted by Gasteiger charge is 2.65. The van der Waals surface area contributed by atoms with Gasteiger partial charge in [0.05, 0.1) is 24.4 Å². The van der Waals surface area contributed by atoms with E-state index in [9.17, 15) is 20.4 Å². The second-order valence-corrected chi connectivity index (χ2v) is 12.2. The molecule has 0 aliphatic heterocycles. The number of rotatable bonds is 6. The van der Waals surface area contributed by atoms with Gasteiger partial charge < -0.3 is 25.5 Å². The van der Waals surface area contributed by atoms with Gasteiger partial charge in [0.25, 0.3) is 0 Å². The van der Waals surface area contributed by atoms with E-state index in [2.05, 4.69) is 20.8 Å². The first-order valence-electron chi connectivity index (χ1n) is 13.0. The molecule has 5 N–H and O–H groups in total. The molecule has 31 heavy (non-hydrogen) atoms. The first kappa shape index (κ1) is 23.9. The molecular formula is C26H46O5. The molecule has 0 radical (unpaired) electrons. The fraction of sp³-hybridized carbons (Fsp3) is 1.00. The third-order valence-corrected chi connectivity index (χ3v) is 10.9. The molecule has 0 aromatic heterocycles. The van der Waals surface area contributed by atoms with E-state index in [4.69, 9.17) is 5.11 Å². The van der Waals surface area contributed by atoms with Gasteiger partial charge in [-0.05, 0) is 111 Å². The van der Waals surface area contributed by atoms with Crippen molar-refractivity contribution in [3.8, 4) is 0 Å². The Balaban J connectivity index is 1.54. The summed E-state index contributed by atoms with van der Waals surface area (Å²) >= 11 is 0. The molecule has 4 aliphatic carbocycles. The van der Waals surface area contributed by atoms with Crippen LogP contribution in [0.3, 0.4) is 0 Å². The van der Waals surface area contributed by atoms with Crippen LogP contribution < -0.4 is 0 Å². The van der Waals surface area contributed by atoms with E-state index >= 15 is 0 Å². The number of fused-ring (bicyclic) bond motifs is 5. The van der Waals surface area contributed by atoms with Crippen molar-refractivity contribution in [3.63, 3.8) is 0 Å². The summed E-state index contributed by atoms with van der Waals surface area (Å²) in [6, 6.07) is 0. The molecule has 0 aromatic carbocycles. The lowest BCUT2D eigenvalue weighted by atomic mass is 9.43. The summed E-state index contributed by atoms with van der Waals surface area (Å²) < 4.78 is 0. The van der Waals surface area contributed by atoms with Gasteiger partial charge in [-0.25, -0.2) is 0 Å². The van der Waals surface area contributed by atoms with Crippen molar-refractivity contribution in [3.05, 3.63) is 0 Å². The average Bonchev–Trinajstić information content (AvgIpc) is 3.07. The van der Waals surface area contributed by atoms with Crippen LogP contribution >= 0.6 is 0 Å². The van der Waals surface area contributed by atoms with E-state index in [1.807, 2.05) is 0 Å². The molecule has 180 valence electrons. The van der Waals surface area contributed by atoms with Crippen molar-refractivity contribution in [2.45, 2.75) is 109 Å². The monoisotopic (exact) mass is 438 g/mol. The Labute approximate surface area is 188 Å². The van der Waals surface area contributed by atoms with Crippen molar-refractivity contribution >= 4 is 0 Å². The molecular weight excluding hydrogens is 392 g/mol. The third-order valence-electron chi connectivity index (χ3n) is 10.9. The Hall–Kier alpha value is -0.200. The molecule has 0 unspecified atom stereocenters. The van der Waals surface area contributed by atoms with Gasteiger partial charge in [0.2, 0.25) is 0 Å². The maximum absolute atomic E-state index is 11.6. The molecule has 0 bridgehead atoms. The highest BCUT2D eigenvalue weighted by molar-refractivity contribution is 5.14. The average molecular weight is 439 g/mol. The van der Waals surface area contributed by atoms with E-state index in [1.165, 1.54) is 0 Å². The zero-order valence-corrected chi connectivity index (χ0v) is 19.8. The van der Waals surface area contributed by atoms with Gasteiger partial charge in [0.15, 0.2) is 0 Å². The molecule has 4 rings (SSSR count). The van der Waals surface area contributed by atoms with Crippen molar-refractivity contribution in [2.75, 3.05) is 6.61 Å². The van der Waals surface area contributed by atoms with Gasteiger partial charge in [-0.1, -0.05) is 20.8 Å². The number of hydrogen-bond donors (Lipinski definition) is 5. The lowest BCUT2D eigenvalue weighted by Crippen LogP contribution is -2.62. The smallest absolute Gasteiger partial charge is 0.0602 e. The fourth-order valence-corrected chi connectivity index (χ4v) is 9.08. The maximum Gasteiger partial charge on any atom is 0.0602 e. The third kappa shape index (κ3) is 3.90. The first-order chi connectivity index (χ1) is 14.6. The Morgan fingerprint density at radius 1 is 0.903 bits per heavy atom. The molecule has 0 saturated heterocycles. The molecule has 5 nitrogen and oxygen atoms in total. The summed E-state index contributed by atoms with van der Waals surface area (Å²) in [6.07, 6.45) is 7.06. The summed E-state index contributed by atoms with van der Waals surface area (Å²) in [5, 5.41) is 52.3. The Morgan fingerprint density at radius 2 is 1.65 bits per heavy atom. The van der Waals surface area contributed by atoms with Gasteiger partial charge >= 0.3 is 0 Å². The molecule has 4 saturated carbocycles. The van der Waals surface area contributed by atoms with Crippen molar-refractivity contribution in [1.82, 2.24) is 0 Å². The van der Waals surface area contributed by atoms with Crippen LogP contribution in [0.15, 0.2) is 0 Å². The van der Waals surface area contributed by atoms with Crippen LogP contribution in [0.5, 0.6) is 0 Å². The minimum atomic E-state index is -0.447. The second-order valence-electron chi connectivity index (χ2n) is 12.2. The lowest BCUT2D eigenvalue weighted by Gasteiger charge is -2.63. The van der Waals surface area contributed by atoms with Crippen LogP contribution in [0.25, 0.3) is 0 Å². The molecule has 0 amide bonds. The van der Waals surface area contributed by atoms with Crippen LogP contribution in [-0.2, 0) is 0 Å². The minimum absolute atomic E-state index is 0.0230. The largest absolute Gasteiger partial charge is 0.396 e. The summed E-state index contributed by atoms with van der Waals surface area (Å²) in [4.78, 5) is 0. The standard InChI is InChI=1S/C26H46O5/c1-15(4-5-17(28)9-11-27)19-6-7-20-24-21(14-23(31)26(19,20)3)25(2)10-8-18(29)12-16(25)13-22(24)30/h15-24,27-31H,4-14H2,1-3H3/t15-,16+,17-,18-,19-,20+,21+,22-,23+,24+,25+,26-/m1/s1. The Kier molecular flexibility index (Phi) is 6.85. The molecule has 0 aromatic rings. The van der Waals surface area contributed by atoms with Crippen molar-refractivity contribution in [2.24, 2.45) is 46.3 Å². The topological polar surface area (TPSA) is 101 Å². The molecule has 4 fully saturated rings. The summed E-state index contributed by atoms with van der Waals surface area (Å²) in [5.41, 5.74) is -0.0651. The van der Waals surface area contributed by atoms with E-state index < -0.39 is 6.10 Å². The number of aliphatic hydroxyl groups is 5. The minimum Gasteiger partial charge on any atom is -0.396 e. The van der Waals surface area contributed by atoms with Crippen LogP contribution in [-0.4, -0.2) is 56.6 Å². The van der Waals surface area contributed by atoms with Gasteiger partial charge in [-0.3, -0.25) is 0 Å². The normalized spacial score (nSPS) is 51.5. The molecule has 0 spiro atoms. The SMILES string of the molecule is C[C@H](CC[C@@H](O)CCO)[C@H]1CC[C@H]2[C@@H]3[C@H](O)C[C@@H]4C[C@H](O)CC[C@]4(C)[C@H]3C[C@H](O)[C@]12C. The van der Waals surface area contributed by atoms with Crippen LogP contribution in [0, 0.1) is 46.3 Å². The van der Waals surface area contributed by atoms with Gasteiger partial charge in [0.1, 0.15) is 0 Å². The predicted octanol–water partition coefficient (Wildman–Crippen LogP) is 3.11. The molecule has 12 atom stereocenters. The Bertz CT molecular complexity index is 627. The van der Waals surface area contributed by atoms with Crippen molar-refractivity contribution < 1.29 is 25.5 Å². The van der Waals surface area contributed by atoms with Crippen LogP contribution in [0.2, 0.25) is 0 Å². The van der Waals surface area contributed by atoms with E-state index in [-0.39, 0.29) is 41.7 Å². The number of hydrogen-bond acceptors (Lipinski definition) is 5. The quantitative estimate of drug-likeness (QED) is 0.439. The van der Waals surface area contributed by atoms with Gasteiger partial charge in [0, 0.05) is 6.61 Å². The lowest BCUT2D eigenvalue weighted by molar-refractivity contribution is -0.207. The summed E-state index contributed by atoms with van der Waals surface area (Å²) in [6.45, 7) is 6.94. The highest BCUT2D eigenvalue weighted by Crippen LogP contribution is 2.68. The first-order valence-corrected chi connectivity index (χ1v) is 13.0. The summed E-state index contributed by atoms with van der Waals surface area (Å²) in [5.74, 6) is 2.09. The number of aliphatic hydroxyl groups excluding tert-OH is 5. The highest BCUT2D eigenvalue weighted by atomic mass is 16.3. The van der Waals surface area contributed by atoms with E-state index in [0.717, 1.165) is 51.4 Å². The van der Waals surface area contributed by atoms with E-state index in [1.54, 1.807) is 0 Å². The molecule has 4 aliphatic rings. The van der Waals surface area contributed by atoms with Crippen molar-refractivity contribution in [1.29, 1.82) is 0 Å². The maximum atomic E-state index is 11.6. The molecule has 5 heteroatoms. The zero-order chi connectivity index (χ0) is 22.6. The van der Waals surface area contributed by atoms with Crippen LogP contribution in [0.1, 0.15) is 85.0 Å². The zero-order valence-electron chi connectivity index (χ0n) is 19.8. The fourth-order valence-electron chi connectivity index (χ4n) is 9.08. The van der Waals surface area contributed by atoms with Crippen LogP contribution in [0.4, 0.5) is 0 Å². The predicted molar refractivity (Wildman–Crippen MR) is 120 cm³/mol. The molecule has 0 heterocycles. The second kappa shape index (κ2) is 8.87. The Morgan fingerprint density at radius 3 is 2.35 bits per heavy atom.